The number of aryl methyl sites for hydroxylation is 1. The Labute approximate surface area is 558 Å². The number of benzene rings is 8. The molecule has 0 radical (unpaired) electrons. The molecule has 10 rings (SSSR count). The summed E-state index contributed by atoms with van der Waals surface area (Å²) in [5, 5.41) is 2.75. The first-order valence-corrected chi connectivity index (χ1v) is 32.4. The van der Waals surface area contributed by atoms with Gasteiger partial charge in [0.2, 0.25) is 0 Å². The predicted octanol–water partition coefficient (Wildman–Crippen LogP) is 22.2. The van der Waals surface area contributed by atoms with Crippen LogP contribution in [0.15, 0.2) is 226 Å². The number of esters is 1. The lowest BCUT2D eigenvalue weighted by Gasteiger charge is -2.20. The summed E-state index contributed by atoms with van der Waals surface area (Å²) in [4.78, 5) is 46.0. The van der Waals surface area contributed by atoms with E-state index in [1.54, 1.807) is 6.92 Å². The molecule has 2 amide bonds. The van der Waals surface area contributed by atoms with Gasteiger partial charge < -0.3 is 9.30 Å². The molecule has 0 saturated heterocycles. The van der Waals surface area contributed by atoms with Crippen molar-refractivity contribution in [3.05, 3.63) is 276 Å². The van der Waals surface area contributed by atoms with Gasteiger partial charge in [0.1, 0.15) is 6.61 Å². The van der Waals surface area contributed by atoms with Crippen LogP contribution >= 0.6 is 0 Å². The zero-order valence-corrected chi connectivity index (χ0v) is 59.5. The van der Waals surface area contributed by atoms with Crippen LogP contribution < -0.4 is 4.90 Å². The van der Waals surface area contributed by atoms with Crippen LogP contribution in [-0.4, -0.2) is 28.1 Å². The number of ether oxygens (including phenoxy) is 1. The van der Waals surface area contributed by atoms with E-state index in [1.165, 1.54) is 95.0 Å². The van der Waals surface area contributed by atoms with Gasteiger partial charge in [0.15, 0.2) is 5.78 Å². The van der Waals surface area contributed by atoms with Crippen molar-refractivity contribution >= 4 is 57.1 Å². The number of anilines is 1. The van der Waals surface area contributed by atoms with Crippen molar-refractivity contribution in [3.8, 4) is 11.1 Å². The molecular formula is C86H104N2O5. The third kappa shape index (κ3) is 22.1. The van der Waals surface area contributed by atoms with Gasteiger partial charge in [-0.1, -0.05) is 308 Å². The summed E-state index contributed by atoms with van der Waals surface area (Å²) < 4.78 is 7.35. The molecule has 0 N–H and O–H groups in total. The Morgan fingerprint density at radius 1 is 0.430 bits per heavy atom. The SMILES string of the molecule is C=CC(=O)OCc1ccc(C(C)(C)C)cc1.C=Cc1ccc(C(C)(C)C)cc1.CC(=O)c1ccc(C(C)(C)C)cc1.CC(C)(C)c1ccc(-c2ccccc2)cc1.CC(C)(C)c1ccc(N2C(=O)C=CC2=O)cc1.CCn1c2ccccc2c2cc(C(C)(C)C)ccc21. The molecule has 7 heteroatoms. The third-order valence-corrected chi connectivity index (χ3v) is 16.2. The van der Waals surface area contributed by atoms with E-state index in [2.05, 4.69) is 277 Å². The van der Waals surface area contributed by atoms with Gasteiger partial charge in [-0.3, -0.25) is 14.4 Å². The van der Waals surface area contributed by atoms with E-state index in [9.17, 15) is 19.2 Å². The fourth-order valence-corrected chi connectivity index (χ4v) is 10.1. The lowest BCUT2D eigenvalue weighted by molar-refractivity contribution is -0.139. The van der Waals surface area contributed by atoms with Crippen LogP contribution in [0.25, 0.3) is 39.0 Å². The van der Waals surface area contributed by atoms with Crippen molar-refractivity contribution in [1.29, 1.82) is 0 Å². The number of hydrogen-bond donors (Lipinski definition) is 0. The summed E-state index contributed by atoms with van der Waals surface area (Å²) in [7, 11) is 0. The molecule has 1 aliphatic heterocycles. The molecule has 0 bridgehead atoms. The second-order valence-electron chi connectivity index (χ2n) is 29.8. The van der Waals surface area contributed by atoms with E-state index in [0.29, 0.717) is 12.3 Å². The van der Waals surface area contributed by atoms with E-state index in [0.717, 1.165) is 17.7 Å². The number of carbonyl (C=O) groups is 4. The molecular weight excluding hydrogens is 1140 g/mol. The Balaban J connectivity index is 0.000000204. The summed E-state index contributed by atoms with van der Waals surface area (Å²) in [5.74, 6) is -0.822. The molecule has 0 aliphatic carbocycles. The number of nitrogens with zero attached hydrogens (tertiary/aromatic N) is 2. The number of para-hydroxylation sites is 1. The van der Waals surface area contributed by atoms with Crippen molar-refractivity contribution < 1.29 is 23.9 Å². The quantitative estimate of drug-likeness (QED) is 0.0655. The number of carbonyl (C=O) groups excluding carboxylic acids is 4. The van der Waals surface area contributed by atoms with Gasteiger partial charge in [0.05, 0.1) is 5.69 Å². The largest absolute Gasteiger partial charge is 0.458 e. The Bertz CT molecular complexity index is 3930. The first-order valence-electron chi connectivity index (χ1n) is 32.4. The second kappa shape index (κ2) is 32.1. The summed E-state index contributed by atoms with van der Waals surface area (Å²) in [6.45, 7) is 51.7. The van der Waals surface area contributed by atoms with Gasteiger partial charge in [0, 0.05) is 52.1 Å². The topological polar surface area (TPSA) is 85.7 Å². The molecule has 0 unspecified atom stereocenters. The molecule has 9 aromatic rings. The van der Waals surface area contributed by atoms with Crippen LogP contribution in [0, 0.1) is 0 Å². The number of aromatic nitrogens is 1. The normalized spacial score (nSPS) is 12.3. The van der Waals surface area contributed by atoms with Crippen LogP contribution in [-0.2, 0) is 64.8 Å². The first-order chi connectivity index (χ1) is 43.4. The van der Waals surface area contributed by atoms with Gasteiger partial charge in [-0.25, -0.2) is 9.69 Å². The van der Waals surface area contributed by atoms with E-state index < -0.39 is 0 Å². The molecule has 488 valence electrons. The Kier molecular flexibility index (Phi) is 25.8. The standard InChI is InChI=1S/C18H21N.C16H18.C14H15NO2.C14H18O2.C12H16O.C12H16/c1-5-19-16-9-7-6-8-14(16)15-12-13(18(2,3)4)10-11-17(15)19;1-16(2,3)15-11-9-14(10-12-15)13-7-5-4-6-8-13;1-14(2,3)10-4-6-11(7-5-10)15-12(16)8-9-13(15)17;1-5-13(15)16-10-11-6-8-12(9-7-11)14(2,3)4;1-9(13)10-5-7-11(8-6-10)12(2,3)4;1-5-10-6-8-11(9-7-10)12(2,3)4/h6-12H,5H2,1-4H3;4-12H,1-3H3;4-9H,1-3H3;5-9H,1,10H2,2-4H3;5-8H,1-4H3;5-9H,1H2,2-4H3. The number of imide groups is 1. The minimum atomic E-state index is -0.389. The predicted molar refractivity (Wildman–Crippen MR) is 397 cm³/mol. The highest BCUT2D eigenvalue weighted by atomic mass is 16.5. The maximum Gasteiger partial charge on any atom is 0.330 e. The summed E-state index contributed by atoms with van der Waals surface area (Å²) >= 11 is 0. The Hall–Kier alpha value is -8.94. The van der Waals surface area contributed by atoms with Gasteiger partial charge in [0.25, 0.3) is 11.8 Å². The van der Waals surface area contributed by atoms with Gasteiger partial charge in [-0.2, -0.15) is 0 Å². The zero-order chi connectivity index (χ0) is 69.3. The fourth-order valence-electron chi connectivity index (χ4n) is 10.1. The third-order valence-electron chi connectivity index (χ3n) is 16.2. The maximum absolute atomic E-state index is 11.5. The summed E-state index contributed by atoms with van der Waals surface area (Å²) in [6.07, 6.45) is 5.62. The molecule has 1 aromatic heterocycles. The molecule has 2 heterocycles. The molecule has 0 saturated carbocycles. The van der Waals surface area contributed by atoms with Crippen LogP contribution in [0.4, 0.5) is 5.69 Å². The molecule has 7 nitrogen and oxygen atoms in total. The molecule has 93 heavy (non-hydrogen) atoms. The number of ketones is 1. The van der Waals surface area contributed by atoms with Crippen molar-refractivity contribution in [1.82, 2.24) is 4.57 Å². The average Bonchev–Trinajstić information content (AvgIpc) is 1.61. The van der Waals surface area contributed by atoms with Crippen molar-refractivity contribution in [2.75, 3.05) is 4.90 Å². The molecule has 0 atom stereocenters. The number of Topliss-reactive ketones (excluding diaryl/α,β-unsaturated/α-hetero) is 1. The number of rotatable bonds is 8. The van der Waals surface area contributed by atoms with Crippen molar-refractivity contribution in [3.63, 3.8) is 0 Å². The van der Waals surface area contributed by atoms with Crippen LogP contribution in [0.5, 0.6) is 0 Å². The highest BCUT2D eigenvalue weighted by Crippen LogP contribution is 2.34. The van der Waals surface area contributed by atoms with Crippen LogP contribution in [0.3, 0.4) is 0 Å². The number of fused-ring (bicyclic) bond motifs is 3. The fraction of sp³-hybridized carbons (Fsp3) is 0.326. The van der Waals surface area contributed by atoms with Gasteiger partial charge in [-0.15, -0.1) is 0 Å². The molecule has 8 aromatic carbocycles. The van der Waals surface area contributed by atoms with Gasteiger partial charge >= 0.3 is 5.97 Å². The van der Waals surface area contributed by atoms with E-state index >= 15 is 0 Å². The molecule has 0 spiro atoms. The summed E-state index contributed by atoms with van der Waals surface area (Å²) in [5.41, 5.74) is 17.7. The Morgan fingerprint density at radius 3 is 1.23 bits per heavy atom. The zero-order valence-electron chi connectivity index (χ0n) is 59.5. The minimum Gasteiger partial charge on any atom is -0.458 e. The highest BCUT2D eigenvalue weighted by molar-refractivity contribution is 6.28. The monoisotopic (exact) mass is 1240 g/mol. The molecule has 0 fully saturated rings. The van der Waals surface area contributed by atoms with E-state index in [1.807, 2.05) is 72.8 Å². The van der Waals surface area contributed by atoms with Crippen molar-refractivity contribution in [2.45, 2.75) is 184 Å². The van der Waals surface area contributed by atoms with Crippen molar-refractivity contribution in [2.24, 2.45) is 0 Å². The molecule has 1 aliphatic rings. The smallest absolute Gasteiger partial charge is 0.330 e. The highest BCUT2D eigenvalue weighted by Gasteiger charge is 2.26. The number of hydrogen-bond acceptors (Lipinski definition) is 5. The Morgan fingerprint density at radius 2 is 0.806 bits per heavy atom. The van der Waals surface area contributed by atoms with E-state index in [-0.39, 0.29) is 56.1 Å². The minimum absolute atomic E-state index is 0.0653. The first kappa shape index (κ1) is 74.8. The van der Waals surface area contributed by atoms with Crippen LogP contribution in [0.2, 0.25) is 0 Å². The lowest BCUT2D eigenvalue weighted by atomic mass is 9.86. The van der Waals surface area contributed by atoms with Gasteiger partial charge in [-0.05, 0) is 132 Å². The maximum atomic E-state index is 11.5. The average molecular weight is 1250 g/mol. The number of amides is 2. The lowest BCUT2D eigenvalue weighted by Crippen LogP contribution is -2.29. The second-order valence-corrected chi connectivity index (χ2v) is 29.8. The van der Waals surface area contributed by atoms with Crippen LogP contribution in [0.1, 0.15) is 193 Å². The summed E-state index contributed by atoms with van der Waals surface area (Å²) in [6, 6.07) is 67.0. The van der Waals surface area contributed by atoms with E-state index in [4.69, 9.17) is 4.74 Å².